The molecule has 0 N–H and O–H groups in total. The number of hydrogen-bond acceptors (Lipinski definition) is 1. The van der Waals surface area contributed by atoms with Gasteiger partial charge in [0.15, 0.2) is 0 Å². The lowest BCUT2D eigenvalue weighted by molar-refractivity contribution is 0.0608. The smallest absolute Gasteiger partial charge is 0.255 e. The number of piperidine rings is 1. The van der Waals surface area contributed by atoms with Crippen LogP contribution in [0.15, 0.2) is 22.7 Å². The van der Waals surface area contributed by atoms with Crippen LogP contribution in [0.1, 0.15) is 36.0 Å². The molecule has 104 valence electrons. The third kappa shape index (κ3) is 3.85. The average Bonchev–Trinajstić information content (AvgIpc) is 2.42. The Morgan fingerprint density at radius 3 is 3.00 bits per heavy atom. The van der Waals surface area contributed by atoms with Gasteiger partial charge >= 0.3 is 0 Å². The van der Waals surface area contributed by atoms with Crippen LogP contribution in [0, 0.1) is 3.57 Å². The Labute approximate surface area is 141 Å². The van der Waals surface area contributed by atoms with E-state index in [1.165, 1.54) is 6.42 Å². The first kappa shape index (κ1) is 15.6. The largest absolute Gasteiger partial charge is 0.336 e. The Morgan fingerprint density at radius 2 is 2.26 bits per heavy atom. The van der Waals surface area contributed by atoms with Crippen LogP contribution in [0.3, 0.4) is 0 Å². The number of amides is 1. The fourth-order valence-corrected chi connectivity index (χ4v) is 3.67. The zero-order valence-corrected chi connectivity index (χ0v) is 15.0. The highest BCUT2D eigenvalue weighted by Gasteiger charge is 2.28. The van der Waals surface area contributed by atoms with Crippen molar-refractivity contribution in [2.75, 3.05) is 12.4 Å². The first-order valence-electron chi connectivity index (χ1n) is 6.45. The first-order valence-corrected chi connectivity index (χ1v) is 8.86. The fourth-order valence-electron chi connectivity index (χ4n) is 2.51. The molecule has 2 nitrogen and oxygen atoms in total. The number of carbonyl (C=O) groups excluding carboxylic acids is 1. The molecule has 1 aromatic carbocycles. The van der Waals surface area contributed by atoms with Crippen molar-refractivity contribution in [1.29, 1.82) is 0 Å². The molecule has 1 saturated heterocycles. The van der Waals surface area contributed by atoms with Gasteiger partial charge in [0, 0.05) is 26.5 Å². The van der Waals surface area contributed by atoms with Crippen molar-refractivity contribution >= 4 is 56.0 Å². The van der Waals surface area contributed by atoms with Crippen molar-refractivity contribution in [1.82, 2.24) is 4.90 Å². The maximum absolute atomic E-state index is 12.7. The van der Waals surface area contributed by atoms with Gasteiger partial charge in [0.05, 0.1) is 5.56 Å². The van der Waals surface area contributed by atoms with Gasteiger partial charge in [0.2, 0.25) is 0 Å². The van der Waals surface area contributed by atoms with Crippen LogP contribution in [0.5, 0.6) is 0 Å². The second-order valence-corrected chi connectivity index (χ2v) is 7.23. The normalized spacial score (nSPS) is 19.5. The first-order chi connectivity index (χ1) is 9.13. The van der Waals surface area contributed by atoms with E-state index in [9.17, 15) is 4.79 Å². The standard InChI is InChI=1S/C14H16BrClINO/c15-13-5-4-10(17)9-12(13)14(19)18-8-2-1-3-11(18)6-7-16/h4-5,9,11H,1-3,6-8H2. The molecule has 1 fully saturated rings. The molecular weight excluding hydrogens is 440 g/mol. The molecule has 0 bridgehead atoms. The van der Waals surface area contributed by atoms with Gasteiger partial charge in [-0.15, -0.1) is 11.6 Å². The molecule has 0 spiro atoms. The molecular formula is C14H16BrClINO. The molecule has 0 saturated carbocycles. The lowest BCUT2D eigenvalue weighted by Gasteiger charge is -2.35. The SMILES string of the molecule is O=C(c1cc(I)ccc1Br)N1CCCCC1CCCl. The molecule has 5 heteroatoms. The summed E-state index contributed by atoms with van der Waals surface area (Å²) in [6, 6.07) is 6.17. The van der Waals surface area contributed by atoms with E-state index >= 15 is 0 Å². The van der Waals surface area contributed by atoms with Gasteiger partial charge in [-0.3, -0.25) is 4.79 Å². The Bertz CT molecular complexity index is 467. The van der Waals surface area contributed by atoms with Crippen LogP contribution >= 0.6 is 50.1 Å². The van der Waals surface area contributed by atoms with E-state index in [1.54, 1.807) is 0 Å². The Kier molecular flexibility index (Phi) is 5.96. The summed E-state index contributed by atoms with van der Waals surface area (Å²) in [5, 5.41) is 0. The number of carbonyl (C=O) groups is 1. The van der Waals surface area contributed by atoms with E-state index in [-0.39, 0.29) is 5.91 Å². The van der Waals surface area contributed by atoms with Gasteiger partial charge < -0.3 is 4.90 Å². The third-order valence-corrected chi connectivity index (χ3v) is 5.07. The summed E-state index contributed by atoms with van der Waals surface area (Å²) in [7, 11) is 0. The molecule has 0 aromatic heterocycles. The number of hydrogen-bond donors (Lipinski definition) is 0. The van der Waals surface area contributed by atoms with Crippen molar-refractivity contribution in [3.8, 4) is 0 Å². The highest BCUT2D eigenvalue weighted by molar-refractivity contribution is 14.1. The summed E-state index contributed by atoms with van der Waals surface area (Å²) in [6.07, 6.45) is 4.24. The van der Waals surface area contributed by atoms with Crippen molar-refractivity contribution in [3.05, 3.63) is 31.8 Å². The molecule has 1 aromatic rings. The monoisotopic (exact) mass is 455 g/mol. The second-order valence-electron chi connectivity index (χ2n) is 4.75. The molecule has 2 rings (SSSR count). The van der Waals surface area contributed by atoms with Crippen LogP contribution in [-0.4, -0.2) is 29.3 Å². The van der Waals surface area contributed by atoms with Gasteiger partial charge in [0.25, 0.3) is 5.91 Å². The third-order valence-electron chi connectivity index (χ3n) is 3.49. The van der Waals surface area contributed by atoms with E-state index < -0.39 is 0 Å². The van der Waals surface area contributed by atoms with E-state index in [2.05, 4.69) is 38.5 Å². The maximum atomic E-state index is 12.7. The molecule has 1 amide bonds. The summed E-state index contributed by atoms with van der Waals surface area (Å²) in [6.45, 7) is 0.846. The molecule has 19 heavy (non-hydrogen) atoms. The minimum absolute atomic E-state index is 0.125. The van der Waals surface area contributed by atoms with Gasteiger partial charge in [-0.25, -0.2) is 0 Å². The van der Waals surface area contributed by atoms with Crippen LogP contribution < -0.4 is 0 Å². The minimum Gasteiger partial charge on any atom is -0.336 e. The summed E-state index contributed by atoms with van der Waals surface area (Å²) in [5.41, 5.74) is 0.758. The van der Waals surface area contributed by atoms with Gasteiger partial charge in [-0.1, -0.05) is 0 Å². The zero-order valence-electron chi connectivity index (χ0n) is 10.5. The van der Waals surface area contributed by atoms with Gasteiger partial charge in [-0.2, -0.15) is 0 Å². The van der Waals surface area contributed by atoms with E-state index in [0.717, 1.165) is 39.4 Å². The molecule has 1 atom stereocenters. The average molecular weight is 457 g/mol. The molecule has 1 aliphatic rings. The molecule has 1 aliphatic heterocycles. The van der Waals surface area contributed by atoms with Crippen LogP contribution in [0.2, 0.25) is 0 Å². The highest BCUT2D eigenvalue weighted by Crippen LogP contribution is 2.26. The number of benzene rings is 1. The summed E-state index contributed by atoms with van der Waals surface area (Å²) >= 11 is 11.6. The lowest BCUT2D eigenvalue weighted by Crippen LogP contribution is -2.44. The van der Waals surface area contributed by atoms with Crippen molar-refractivity contribution in [3.63, 3.8) is 0 Å². The predicted molar refractivity (Wildman–Crippen MR) is 90.9 cm³/mol. The quantitative estimate of drug-likeness (QED) is 0.478. The topological polar surface area (TPSA) is 20.3 Å². The summed E-state index contributed by atoms with van der Waals surface area (Å²) in [4.78, 5) is 14.7. The van der Waals surface area contributed by atoms with Crippen molar-refractivity contribution in [2.45, 2.75) is 31.7 Å². The molecule has 1 unspecified atom stereocenters. The Morgan fingerprint density at radius 1 is 1.47 bits per heavy atom. The number of alkyl halides is 1. The van der Waals surface area contributed by atoms with Crippen molar-refractivity contribution < 1.29 is 4.79 Å². The maximum Gasteiger partial charge on any atom is 0.255 e. The van der Waals surface area contributed by atoms with Gasteiger partial charge in [-0.05, 0) is 82.4 Å². The van der Waals surface area contributed by atoms with Crippen LogP contribution in [-0.2, 0) is 0 Å². The molecule has 0 radical (unpaired) electrons. The summed E-state index contributed by atoms with van der Waals surface area (Å²) < 4.78 is 1.95. The predicted octanol–water partition coefficient (Wildman–Crippen LogP) is 4.68. The minimum atomic E-state index is 0.125. The zero-order chi connectivity index (χ0) is 13.8. The van der Waals surface area contributed by atoms with E-state index in [0.29, 0.717) is 11.9 Å². The molecule has 1 heterocycles. The second kappa shape index (κ2) is 7.27. The van der Waals surface area contributed by atoms with Crippen LogP contribution in [0.25, 0.3) is 0 Å². The lowest BCUT2D eigenvalue weighted by atomic mass is 9.99. The molecule has 0 aliphatic carbocycles. The van der Waals surface area contributed by atoms with E-state index in [4.69, 9.17) is 11.6 Å². The Balaban J connectivity index is 2.23. The van der Waals surface area contributed by atoms with Crippen LogP contribution in [0.4, 0.5) is 0 Å². The number of halogens is 3. The Hall–Kier alpha value is 0.190. The van der Waals surface area contributed by atoms with Crippen molar-refractivity contribution in [2.24, 2.45) is 0 Å². The summed E-state index contributed by atoms with van der Waals surface area (Å²) in [5.74, 6) is 0.738. The number of nitrogens with zero attached hydrogens (tertiary/aromatic N) is 1. The number of likely N-dealkylation sites (tertiary alicyclic amines) is 1. The van der Waals surface area contributed by atoms with E-state index in [1.807, 2.05) is 23.1 Å². The van der Waals surface area contributed by atoms with Gasteiger partial charge in [0.1, 0.15) is 0 Å². The highest BCUT2D eigenvalue weighted by atomic mass is 127. The fraction of sp³-hybridized carbons (Fsp3) is 0.500. The number of rotatable bonds is 3.